The number of nitrogens with two attached hydrogens (primary N) is 1. The van der Waals surface area contributed by atoms with E-state index in [-0.39, 0.29) is 0 Å². The highest BCUT2D eigenvalue weighted by molar-refractivity contribution is 7.99. The van der Waals surface area contributed by atoms with Crippen molar-refractivity contribution in [3.8, 4) is 0 Å². The number of hydrogen-bond acceptors (Lipinski definition) is 7. The summed E-state index contributed by atoms with van der Waals surface area (Å²) < 4.78 is 1.84. The zero-order chi connectivity index (χ0) is 12.3. The van der Waals surface area contributed by atoms with Gasteiger partial charge in [0.15, 0.2) is 5.16 Å². The van der Waals surface area contributed by atoms with Crippen LogP contribution in [0.1, 0.15) is 12.5 Å². The van der Waals surface area contributed by atoms with Crippen LogP contribution in [0.3, 0.4) is 0 Å². The van der Waals surface area contributed by atoms with Crippen LogP contribution in [0.4, 0.5) is 5.82 Å². The molecule has 0 unspecified atom stereocenters. The number of aromatic nitrogens is 5. The van der Waals surface area contributed by atoms with Crippen molar-refractivity contribution in [2.75, 3.05) is 5.43 Å². The van der Waals surface area contributed by atoms with E-state index in [1.807, 2.05) is 18.5 Å². The Hall–Kier alpha value is -1.67. The second-order valence-electron chi connectivity index (χ2n) is 3.33. The molecule has 0 bridgehead atoms. The molecule has 2 heterocycles. The van der Waals surface area contributed by atoms with Gasteiger partial charge < -0.3 is 9.99 Å². The van der Waals surface area contributed by atoms with Crippen LogP contribution in [0.25, 0.3) is 0 Å². The summed E-state index contributed by atoms with van der Waals surface area (Å²) in [4.78, 5) is 8.33. The maximum atomic E-state index is 5.42. The van der Waals surface area contributed by atoms with Crippen molar-refractivity contribution in [3.05, 3.63) is 18.2 Å². The van der Waals surface area contributed by atoms with Gasteiger partial charge in [-0.05, 0) is 18.2 Å². The highest BCUT2D eigenvalue weighted by Gasteiger charge is 2.12. The van der Waals surface area contributed by atoms with Gasteiger partial charge in [0, 0.05) is 12.6 Å². The lowest BCUT2D eigenvalue weighted by Crippen LogP contribution is -2.12. The van der Waals surface area contributed by atoms with E-state index in [9.17, 15) is 0 Å². The standard InChI is InChI=1S/C9H13N7S/c1-3-6-7(14-10)11-4-12-8(6)17-9-15-13-5-16(9)2/h4-5H,3,10H2,1-2H3,(H,11,12,14). The van der Waals surface area contributed by atoms with Gasteiger partial charge in [-0.2, -0.15) is 0 Å². The van der Waals surface area contributed by atoms with Crippen LogP contribution >= 0.6 is 11.8 Å². The van der Waals surface area contributed by atoms with Crippen molar-refractivity contribution in [1.82, 2.24) is 24.7 Å². The predicted molar refractivity (Wildman–Crippen MR) is 64.3 cm³/mol. The molecule has 2 rings (SSSR count). The van der Waals surface area contributed by atoms with Gasteiger partial charge in [0.05, 0.1) is 0 Å². The molecule has 90 valence electrons. The molecule has 0 fully saturated rings. The minimum Gasteiger partial charge on any atom is -0.311 e. The lowest BCUT2D eigenvalue weighted by molar-refractivity contribution is 0.785. The van der Waals surface area contributed by atoms with Gasteiger partial charge in [-0.3, -0.25) is 0 Å². The van der Waals surface area contributed by atoms with Crippen LogP contribution in [0.5, 0.6) is 0 Å². The monoisotopic (exact) mass is 251 g/mol. The number of nitrogens with one attached hydrogen (secondary N) is 1. The van der Waals surface area contributed by atoms with Crippen LogP contribution in [0, 0.1) is 0 Å². The van der Waals surface area contributed by atoms with Crippen molar-refractivity contribution in [2.45, 2.75) is 23.5 Å². The van der Waals surface area contributed by atoms with Crippen molar-refractivity contribution in [1.29, 1.82) is 0 Å². The Morgan fingerprint density at radius 3 is 2.88 bits per heavy atom. The first-order valence-corrected chi connectivity index (χ1v) is 5.90. The van der Waals surface area contributed by atoms with Gasteiger partial charge >= 0.3 is 0 Å². The molecule has 0 aliphatic rings. The molecule has 0 saturated carbocycles. The highest BCUT2D eigenvalue weighted by atomic mass is 32.2. The first-order chi connectivity index (χ1) is 8.26. The smallest absolute Gasteiger partial charge is 0.197 e. The van der Waals surface area contributed by atoms with Gasteiger partial charge in [0.25, 0.3) is 0 Å². The van der Waals surface area contributed by atoms with E-state index < -0.39 is 0 Å². The quantitative estimate of drug-likeness (QED) is 0.467. The van der Waals surface area contributed by atoms with Crippen molar-refractivity contribution in [3.63, 3.8) is 0 Å². The molecule has 0 amide bonds. The Morgan fingerprint density at radius 2 is 2.29 bits per heavy atom. The summed E-state index contributed by atoms with van der Waals surface area (Å²) in [5.41, 5.74) is 3.55. The molecule has 3 N–H and O–H groups in total. The molecular formula is C9H13N7S. The number of nitrogens with zero attached hydrogens (tertiary/aromatic N) is 5. The topological polar surface area (TPSA) is 94.5 Å². The molecule has 0 saturated heterocycles. The van der Waals surface area contributed by atoms with Gasteiger partial charge in [0.1, 0.15) is 23.5 Å². The van der Waals surface area contributed by atoms with Crippen LogP contribution in [0.2, 0.25) is 0 Å². The number of anilines is 1. The minimum absolute atomic E-state index is 0.646. The van der Waals surface area contributed by atoms with Gasteiger partial charge in [-0.1, -0.05) is 6.92 Å². The summed E-state index contributed by atoms with van der Waals surface area (Å²) in [6.07, 6.45) is 3.92. The molecule has 0 aliphatic carbocycles. The Bertz CT molecular complexity index is 510. The summed E-state index contributed by atoms with van der Waals surface area (Å²) in [6.45, 7) is 2.03. The van der Waals surface area contributed by atoms with Gasteiger partial charge in [-0.25, -0.2) is 15.8 Å². The number of hydrogen-bond donors (Lipinski definition) is 2. The minimum atomic E-state index is 0.646. The predicted octanol–water partition coefficient (Wildman–Crippen LogP) is 0.604. The van der Waals surface area contributed by atoms with Crippen LogP contribution in [-0.2, 0) is 13.5 Å². The van der Waals surface area contributed by atoms with E-state index in [4.69, 9.17) is 5.84 Å². The third-order valence-corrected chi connectivity index (χ3v) is 3.35. The van der Waals surface area contributed by atoms with E-state index in [1.54, 1.807) is 6.33 Å². The third kappa shape index (κ3) is 2.37. The summed E-state index contributed by atoms with van der Waals surface area (Å²) in [6, 6.07) is 0. The van der Waals surface area contributed by atoms with Crippen LogP contribution < -0.4 is 11.3 Å². The Labute approximate surface area is 103 Å². The van der Waals surface area contributed by atoms with E-state index in [0.717, 1.165) is 22.2 Å². The molecule has 0 spiro atoms. The SMILES string of the molecule is CCc1c(NN)ncnc1Sc1nncn1C. The molecule has 0 atom stereocenters. The molecule has 0 aromatic carbocycles. The lowest BCUT2D eigenvalue weighted by atomic mass is 10.2. The first kappa shape index (κ1) is 11.8. The van der Waals surface area contributed by atoms with Crippen LogP contribution in [-0.4, -0.2) is 24.7 Å². The summed E-state index contributed by atoms with van der Waals surface area (Å²) in [5, 5.41) is 9.45. The molecule has 2 aromatic rings. The molecule has 17 heavy (non-hydrogen) atoms. The van der Waals surface area contributed by atoms with E-state index in [2.05, 4.69) is 25.6 Å². The normalized spacial score (nSPS) is 10.5. The largest absolute Gasteiger partial charge is 0.311 e. The number of rotatable bonds is 4. The lowest BCUT2D eigenvalue weighted by Gasteiger charge is -2.09. The molecule has 8 heteroatoms. The summed E-state index contributed by atoms with van der Waals surface area (Å²) >= 11 is 1.44. The molecular weight excluding hydrogens is 238 g/mol. The molecule has 2 aromatic heterocycles. The molecule has 0 aliphatic heterocycles. The average Bonchev–Trinajstić information content (AvgIpc) is 2.74. The Morgan fingerprint density at radius 1 is 1.47 bits per heavy atom. The summed E-state index contributed by atoms with van der Waals surface area (Å²) in [5.74, 6) is 6.06. The van der Waals surface area contributed by atoms with Crippen molar-refractivity contribution >= 4 is 17.6 Å². The molecule has 0 radical (unpaired) electrons. The fourth-order valence-corrected chi connectivity index (χ4v) is 2.29. The fourth-order valence-electron chi connectivity index (χ4n) is 1.38. The highest BCUT2D eigenvalue weighted by Crippen LogP contribution is 2.29. The van der Waals surface area contributed by atoms with E-state index in [0.29, 0.717) is 5.82 Å². The van der Waals surface area contributed by atoms with E-state index >= 15 is 0 Å². The van der Waals surface area contributed by atoms with Gasteiger partial charge in [0.2, 0.25) is 0 Å². The maximum Gasteiger partial charge on any atom is 0.197 e. The second-order valence-corrected chi connectivity index (χ2v) is 4.29. The first-order valence-electron chi connectivity index (χ1n) is 5.08. The van der Waals surface area contributed by atoms with Crippen molar-refractivity contribution < 1.29 is 0 Å². The van der Waals surface area contributed by atoms with E-state index in [1.165, 1.54) is 18.1 Å². The third-order valence-electron chi connectivity index (χ3n) is 2.25. The number of aryl methyl sites for hydroxylation is 1. The second kappa shape index (κ2) is 5.11. The molecule has 7 nitrogen and oxygen atoms in total. The van der Waals surface area contributed by atoms with Gasteiger partial charge in [-0.15, -0.1) is 10.2 Å². The maximum absolute atomic E-state index is 5.42. The zero-order valence-electron chi connectivity index (χ0n) is 9.58. The fraction of sp³-hybridized carbons (Fsp3) is 0.333. The Kier molecular flexibility index (Phi) is 3.55. The zero-order valence-corrected chi connectivity index (χ0v) is 10.4. The Balaban J connectivity index is 2.36. The average molecular weight is 251 g/mol. The van der Waals surface area contributed by atoms with Crippen molar-refractivity contribution in [2.24, 2.45) is 12.9 Å². The van der Waals surface area contributed by atoms with Crippen LogP contribution in [0.15, 0.2) is 22.8 Å². The number of hydrazine groups is 1. The number of nitrogen functional groups attached to an aromatic ring is 1. The summed E-state index contributed by atoms with van der Waals surface area (Å²) in [7, 11) is 1.89.